The molecule has 18 heavy (non-hydrogen) atoms. The predicted octanol–water partition coefficient (Wildman–Crippen LogP) is 2.53. The molecule has 0 aromatic carbocycles. The number of esters is 1. The van der Waals surface area contributed by atoms with Gasteiger partial charge >= 0.3 is 5.97 Å². The van der Waals surface area contributed by atoms with Gasteiger partial charge < -0.3 is 10.1 Å². The zero-order valence-electron chi connectivity index (χ0n) is 11.0. The van der Waals surface area contributed by atoms with Crippen LogP contribution in [0.1, 0.15) is 31.2 Å². The van der Waals surface area contributed by atoms with Crippen molar-refractivity contribution in [3.63, 3.8) is 0 Å². The number of aromatic nitrogens is 1. The van der Waals surface area contributed by atoms with Gasteiger partial charge in [0.25, 0.3) is 0 Å². The van der Waals surface area contributed by atoms with E-state index in [1.54, 1.807) is 0 Å². The van der Waals surface area contributed by atoms with Crippen molar-refractivity contribution < 1.29 is 9.53 Å². The maximum absolute atomic E-state index is 11.4. The number of anilines is 1. The van der Waals surface area contributed by atoms with Crippen LogP contribution >= 0.6 is 0 Å². The summed E-state index contributed by atoms with van der Waals surface area (Å²) in [5, 5.41) is 3.44. The average Bonchev–Trinajstić information content (AvgIpc) is 2.39. The summed E-state index contributed by atoms with van der Waals surface area (Å²) < 4.78 is 4.79. The number of hydrogen-bond acceptors (Lipinski definition) is 4. The Labute approximate surface area is 108 Å². The Balaban J connectivity index is 1.85. The van der Waals surface area contributed by atoms with E-state index in [9.17, 15) is 4.79 Å². The van der Waals surface area contributed by atoms with Crippen LogP contribution in [0.15, 0.2) is 18.3 Å². The van der Waals surface area contributed by atoms with Gasteiger partial charge in [-0.1, -0.05) is 0 Å². The molecule has 1 aromatic rings. The molecule has 0 aliphatic heterocycles. The number of nitrogens with zero attached hydrogens (tertiary/aromatic N) is 1. The molecule has 0 amide bonds. The monoisotopic (exact) mass is 248 g/mol. The topological polar surface area (TPSA) is 51.2 Å². The highest BCUT2D eigenvalue weighted by atomic mass is 16.5. The van der Waals surface area contributed by atoms with E-state index in [0.717, 1.165) is 31.5 Å². The Morgan fingerprint density at radius 3 is 2.72 bits per heavy atom. The number of aryl methyl sites for hydroxylation is 1. The molecule has 0 atom stereocenters. The second-order valence-electron chi connectivity index (χ2n) is 4.93. The first-order chi connectivity index (χ1) is 8.69. The van der Waals surface area contributed by atoms with E-state index in [1.165, 1.54) is 12.7 Å². The second kappa shape index (κ2) is 5.85. The highest BCUT2D eigenvalue weighted by molar-refractivity contribution is 5.72. The van der Waals surface area contributed by atoms with Crippen molar-refractivity contribution in [3.8, 4) is 0 Å². The van der Waals surface area contributed by atoms with Crippen molar-refractivity contribution in [2.45, 2.75) is 38.6 Å². The lowest BCUT2D eigenvalue weighted by Gasteiger charge is -2.27. The van der Waals surface area contributed by atoms with Gasteiger partial charge in [-0.3, -0.25) is 4.79 Å². The van der Waals surface area contributed by atoms with Gasteiger partial charge in [0, 0.05) is 12.2 Å². The highest BCUT2D eigenvalue weighted by Gasteiger charge is 2.26. The highest BCUT2D eigenvalue weighted by Crippen LogP contribution is 2.27. The Hall–Kier alpha value is -1.58. The van der Waals surface area contributed by atoms with Crippen molar-refractivity contribution in [2.24, 2.45) is 5.92 Å². The minimum Gasteiger partial charge on any atom is -0.469 e. The molecule has 2 rings (SSSR count). The fourth-order valence-corrected chi connectivity index (χ4v) is 2.46. The summed E-state index contributed by atoms with van der Waals surface area (Å²) in [6.07, 6.45) is 5.61. The van der Waals surface area contributed by atoms with Gasteiger partial charge in [0.1, 0.15) is 5.82 Å². The van der Waals surface area contributed by atoms with E-state index in [-0.39, 0.29) is 11.9 Å². The van der Waals surface area contributed by atoms with E-state index in [0.29, 0.717) is 6.04 Å². The zero-order valence-corrected chi connectivity index (χ0v) is 11.0. The van der Waals surface area contributed by atoms with Crippen LogP contribution in [-0.4, -0.2) is 24.1 Å². The van der Waals surface area contributed by atoms with Gasteiger partial charge in [-0.15, -0.1) is 0 Å². The zero-order chi connectivity index (χ0) is 13.0. The summed E-state index contributed by atoms with van der Waals surface area (Å²) >= 11 is 0. The van der Waals surface area contributed by atoms with Crippen LogP contribution in [0.25, 0.3) is 0 Å². The third kappa shape index (κ3) is 3.22. The summed E-state index contributed by atoms with van der Waals surface area (Å²) in [5.74, 6) is 0.942. The smallest absolute Gasteiger partial charge is 0.308 e. The van der Waals surface area contributed by atoms with Crippen LogP contribution in [0.4, 0.5) is 5.82 Å². The number of hydrogen-bond donors (Lipinski definition) is 1. The Bertz CT molecular complexity index is 412. The predicted molar refractivity (Wildman–Crippen MR) is 70.4 cm³/mol. The molecule has 0 unspecified atom stereocenters. The molecule has 4 heteroatoms. The summed E-state index contributed by atoms with van der Waals surface area (Å²) in [7, 11) is 1.46. The molecule has 1 aliphatic carbocycles. The number of methoxy groups -OCH3 is 1. The normalized spacial score (nSPS) is 23.4. The van der Waals surface area contributed by atoms with Crippen molar-refractivity contribution in [2.75, 3.05) is 12.4 Å². The third-order valence-electron chi connectivity index (χ3n) is 3.53. The molecule has 1 aromatic heterocycles. The van der Waals surface area contributed by atoms with E-state index < -0.39 is 0 Å². The third-order valence-corrected chi connectivity index (χ3v) is 3.53. The largest absolute Gasteiger partial charge is 0.469 e. The van der Waals surface area contributed by atoms with Gasteiger partial charge in [-0.05, 0) is 50.3 Å². The number of ether oxygens (including phenoxy) is 1. The molecule has 1 N–H and O–H groups in total. The standard InChI is InChI=1S/C14H20N2O2/c1-10-7-8-15-13(9-10)16-12-5-3-11(4-6-12)14(17)18-2/h7-9,11-12H,3-6H2,1-2H3,(H,15,16). The molecular weight excluding hydrogens is 228 g/mol. The fraction of sp³-hybridized carbons (Fsp3) is 0.571. The number of nitrogens with one attached hydrogen (secondary N) is 1. The number of carbonyl (C=O) groups excluding carboxylic acids is 1. The summed E-state index contributed by atoms with van der Waals surface area (Å²) in [6, 6.07) is 4.45. The molecule has 0 saturated heterocycles. The molecule has 0 bridgehead atoms. The van der Waals surface area contributed by atoms with E-state index in [4.69, 9.17) is 4.74 Å². The maximum Gasteiger partial charge on any atom is 0.308 e. The lowest BCUT2D eigenvalue weighted by molar-refractivity contribution is -0.146. The molecule has 4 nitrogen and oxygen atoms in total. The van der Waals surface area contributed by atoms with E-state index >= 15 is 0 Å². The molecule has 1 saturated carbocycles. The van der Waals surface area contributed by atoms with Gasteiger partial charge in [-0.2, -0.15) is 0 Å². The molecule has 0 spiro atoms. The van der Waals surface area contributed by atoms with Crippen LogP contribution in [0.5, 0.6) is 0 Å². The van der Waals surface area contributed by atoms with Crippen molar-refractivity contribution in [1.29, 1.82) is 0 Å². The molecule has 0 radical (unpaired) electrons. The Kier molecular flexibility index (Phi) is 4.18. The van der Waals surface area contributed by atoms with Gasteiger partial charge in [-0.25, -0.2) is 4.98 Å². The first-order valence-electron chi connectivity index (χ1n) is 6.46. The number of pyridine rings is 1. The minimum absolute atomic E-state index is 0.0675. The summed E-state index contributed by atoms with van der Waals surface area (Å²) in [6.45, 7) is 2.06. The van der Waals surface area contributed by atoms with Crippen LogP contribution in [0.2, 0.25) is 0 Å². The number of carbonyl (C=O) groups is 1. The minimum atomic E-state index is -0.0675. The lowest BCUT2D eigenvalue weighted by atomic mass is 9.86. The molecule has 1 heterocycles. The lowest BCUT2D eigenvalue weighted by Crippen LogP contribution is -2.30. The van der Waals surface area contributed by atoms with Crippen molar-refractivity contribution in [3.05, 3.63) is 23.9 Å². The first-order valence-corrected chi connectivity index (χ1v) is 6.46. The Morgan fingerprint density at radius 1 is 1.39 bits per heavy atom. The molecule has 98 valence electrons. The second-order valence-corrected chi connectivity index (χ2v) is 4.93. The van der Waals surface area contributed by atoms with Gasteiger partial charge in [0.2, 0.25) is 0 Å². The quantitative estimate of drug-likeness (QED) is 0.835. The molecule has 1 fully saturated rings. The van der Waals surface area contributed by atoms with Crippen LogP contribution in [0, 0.1) is 12.8 Å². The molecular formula is C14H20N2O2. The summed E-state index contributed by atoms with van der Waals surface area (Å²) in [5.41, 5.74) is 1.20. The van der Waals surface area contributed by atoms with Gasteiger partial charge in [0.15, 0.2) is 0 Å². The van der Waals surface area contributed by atoms with Crippen LogP contribution in [0.3, 0.4) is 0 Å². The van der Waals surface area contributed by atoms with Crippen molar-refractivity contribution in [1.82, 2.24) is 4.98 Å². The van der Waals surface area contributed by atoms with Crippen LogP contribution < -0.4 is 5.32 Å². The average molecular weight is 248 g/mol. The SMILES string of the molecule is COC(=O)C1CCC(Nc2cc(C)ccn2)CC1. The maximum atomic E-state index is 11.4. The van der Waals surface area contributed by atoms with Crippen molar-refractivity contribution >= 4 is 11.8 Å². The summed E-state index contributed by atoms with van der Waals surface area (Å²) in [4.78, 5) is 15.7. The first kappa shape index (κ1) is 12.9. The number of rotatable bonds is 3. The van der Waals surface area contributed by atoms with Gasteiger partial charge in [0.05, 0.1) is 13.0 Å². The van der Waals surface area contributed by atoms with E-state index in [1.807, 2.05) is 18.3 Å². The fourth-order valence-electron chi connectivity index (χ4n) is 2.46. The van der Waals surface area contributed by atoms with E-state index in [2.05, 4.69) is 17.2 Å². The Morgan fingerprint density at radius 2 is 2.11 bits per heavy atom. The van der Waals surface area contributed by atoms with Crippen LogP contribution in [-0.2, 0) is 9.53 Å². The molecule has 1 aliphatic rings.